The topological polar surface area (TPSA) is 32.7 Å². The maximum Gasteiger partial charge on any atom is 0.250 e. The second-order valence-electron chi connectivity index (χ2n) is 2.53. The molecule has 4 heteroatoms. The molecule has 0 aromatic carbocycles. The van der Waals surface area contributed by atoms with Crippen molar-refractivity contribution in [3.63, 3.8) is 0 Å². The minimum absolute atomic E-state index is 0.159. The lowest BCUT2D eigenvalue weighted by molar-refractivity contribution is -0.124. The molecule has 2 heterocycles. The van der Waals surface area contributed by atoms with Crippen LogP contribution in [0.2, 0.25) is 0 Å². The smallest absolute Gasteiger partial charge is 0.250 e. The van der Waals surface area contributed by atoms with E-state index in [-0.39, 0.29) is 5.91 Å². The zero-order chi connectivity index (χ0) is 7.14. The summed E-state index contributed by atoms with van der Waals surface area (Å²) in [4.78, 5) is 16.9. The van der Waals surface area contributed by atoms with E-state index >= 15 is 0 Å². The Bertz CT molecular complexity index is 214. The third kappa shape index (κ3) is 0.751. The summed E-state index contributed by atoms with van der Waals surface area (Å²) >= 11 is 1.69. The van der Waals surface area contributed by atoms with Gasteiger partial charge in [-0.1, -0.05) is 18.7 Å². The van der Waals surface area contributed by atoms with Crippen molar-refractivity contribution in [3.05, 3.63) is 0 Å². The second kappa shape index (κ2) is 1.99. The van der Waals surface area contributed by atoms with Crippen LogP contribution in [0.5, 0.6) is 0 Å². The third-order valence-electron chi connectivity index (χ3n) is 1.63. The molecule has 54 valence electrons. The third-order valence-corrected chi connectivity index (χ3v) is 2.74. The summed E-state index contributed by atoms with van der Waals surface area (Å²) < 4.78 is 0. The summed E-state index contributed by atoms with van der Waals surface area (Å²) in [6, 6.07) is 0. The van der Waals surface area contributed by atoms with Gasteiger partial charge in [-0.05, 0) is 0 Å². The molecule has 10 heavy (non-hydrogen) atoms. The predicted molar refractivity (Wildman–Crippen MR) is 41.1 cm³/mol. The lowest BCUT2D eigenvalue weighted by atomic mass is 10.4. The monoisotopic (exact) mass is 156 g/mol. The van der Waals surface area contributed by atoms with Crippen LogP contribution in [0.15, 0.2) is 4.99 Å². The average molecular weight is 156 g/mol. The number of rotatable bonds is 0. The van der Waals surface area contributed by atoms with Crippen molar-refractivity contribution in [2.24, 2.45) is 4.99 Å². The molecule has 3 nitrogen and oxygen atoms in total. The first-order chi connectivity index (χ1) is 4.77. The van der Waals surface area contributed by atoms with E-state index in [1.807, 2.05) is 0 Å². The Morgan fingerprint density at radius 3 is 3.30 bits per heavy atom. The maximum absolute atomic E-state index is 11.0. The molecule has 1 atom stereocenters. The van der Waals surface area contributed by atoms with Crippen molar-refractivity contribution in [3.8, 4) is 0 Å². The van der Waals surface area contributed by atoms with Crippen molar-refractivity contribution < 1.29 is 4.79 Å². The van der Waals surface area contributed by atoms with Crippen LogP contribution in [-0.4, -0.2) is 34.3 Å². The van der Waals surface area contributed by atoms with E-state index in [1.165, 1.54) is 0 Å². The van der Waals surface area contributed by atoms with Gasteiger partial charge in [0.1, 0.15) is 6.54 Å². The van der Waals surface area contributed by atoms with Crippen LogP contribution >= 0.6 is 11.8 Å². The highest BCUT2D eigenvalue weighted by molar-refractivity contribution is 8.14. The second-order valence-corrected chi connectivity index (χ2v) is 3.94. The van der Waals surface area contributed by atoms with Gasteiger partial charge in [-0.25, -0.2) is 0 Å². The van der Waals surface area contributed by atoms with Gasteiger partial charge in [0.05, 0.1) is 0 Å². The fraction of sp³-hybridized carbons (Fsp3) is 0.667. The normalized spacial score (nSPS) is 30.9. The Kier molecular flexibility index (Phi) is 1.23. The van der Waals surface area contributed by atoms with Crippen LogP contribution in [0.1, 0.15) is 6.92 Å². The number of amidine groups is 1. The van der Waals surface area contributed by atoms with Crippen molar-refractivity contribution in [1.29, 1.82) is 0 Å². The highest BCUT2D eigenvalue weighted by Gasteiger charge is 2.33. The van der Waals surface area contributed by atoms with Crippen molar-refractivity contribution in [2.75, 3.05) is 13.1 Å². The minimum atomic E-state index is 0.159. The van der Waals surface area contributed by atoms with Crippen molar-refractivity contribution in [1.82, 2.24) is 4.90 Å². The Hall–Kier alpha value is -0.510. The number of aliphatic imine (C=N–C) groups is 1. The van der Waals surface area contributed by atoms with Crippen LogP contribution in [-0.2, 0) is 4.79 Å². The molecule has 2 aliphatic heterocycles. The van der Waals surface area contributed by atoms with Gasteiger partial charge in [0.15, 0.2) is 5.17 Å². The number of carbonyl (C=O) groups is 1. The van der Waals surface area contributed by atoms with E-state index in [0.29, 0.717) is 11.8 Å². The standard InChI is InChI=1S/C6H8N2OS/c1-4-3-8-5(9)2-7-6(8)10-4/h4H,2-3H2,1H3. The highest BCUT2D eigenvalue weighted by atomic mass is 32.2. The minimum Gasteiger partial charge on any atom is -0.289 e. The molecule has 1 fully saturated rings. The quantitative estimate of drug-likeness (QED) is 0.506. The molecule has 0 saturated carbocycles. The Morgan fingerprint density at radius 1 is 1.80 bits per heavy atom. The molecule has 0 N–H and O–H groups in total. The largest absolute Gasteiger partial charge is 0.289 e. The maximum atomic E-state index is 11.0. The first-order valence-electron chi connectivity index (χ1n) is 3.29. The zero-order valence-electron chi connectivity index (χ0n) is 5.70. The van der Waals surface area contributed by atoms with Gasteiger partial charge in [0, 0.05) is 11.8 Å². The fourth-order valence-electron chi connectivity index (χ4n) is 1.17. The van der Waals surface area contributed by atoms with E-state index in [1.54, 1.807) is 16.7 Å². The lowest BCUT2D eigenvalue weighted by Gasteiger charge is -2.06. The summed E-state index contributed by atoms with van der Waals surface area (Å²) in [7, 11) is 0. The summed E-state index contributed by atoms with van der Waals surface area (Å²) in [5.74, 6) is 0.159. The molecule has 2 rings (SSSR count). The number of hydrogen-bond acceptors (Lipinski definition) is 3. The number of thioether (sulfide) groups is 1. The number of amides is 1. The van der Waals surface area contributed by atoms with Gasteiger partial charge in [0.2, 0.25) is 5.91 Å². The molecule has 0 aromatic rings. The predicted octanol–water partition coefficient (Wildman–Crippen LogP) is 0.320. The molecule has 2 aliphatic rings. The van der Waals surface area contributed by atoms with Gasteiger partial charge < -0.3 is 0 Å². The van der Waals surface area contributed by atoms with E-state index in [9.17, 15) is 4.79 Å². The fourth-order valence-corrected chi connectivity index (χ4v) is 2.19. The summed E-state index contributed by atoms with van der Waals surface area (Å²) in [6.07, 6.45) is 0. The molecule has 1 amide bonds. The first kappa shape index (κ1) is 6.22. The van der Waals surface area contributed by atoms with Crippen LogP contribution in [0.3, 0.4) is 0 Å². The molecule has 1 saturated heterocycles. The van der Waals surface area contributed by atoms with Crippen molar-refractivity contribution in [2.45, 2.75) is 12.2 Å². The van der Waals surface area contributed by atoms with Crippen LogP contribution in [0.4, 0.5) is 0 Å². The van der Waals surface area contributed by atoms with Crippen LogP contribution in [0, 0.1) is 0 Å². The van der Waals surface area contributed by atoms with Crippen LogP contribution < -0.4 is 0 Å². The van der Waals surface area contributed by atoms with Crippen LogP contribution in [0.25, 0.3) is 0 Å². The SMILES string of the molecule is CC1CN2C(=O)CN=C2S1. The number of fused-ring (bicyclic) bond motifs is 1. The van der Waals surface area contributed by atoms with E-state index in [4.69, 9.17) is 0 Å². The molecule has 0 radical (unpaired) electrons. The van der Waals surface area contributed by atoms with Gasteiger partial charge in [0.25, 0.3) is 0 Å². The molecule has 0 aliphatic carbocycles. The summed E-state index contributed by atoms with van der Waals surface area (Å²) in [6.45, 7) is 3.33. The number of nitrogens with zero attached hydrogens (tertiary/aromatic N) is 2. The number of hydrogen-bond donors (Lipinski definition) is 0. The molecule has 0 spiro atoms. The Morgan fingerprint density at radius 2 is 2.60 bits per heavy atom. The molecule has 0 bridgehead atoms. The molecular formula is C6H8N2OS. The van der Waals surface area contributed by atoms with E-state index < -0.39 is 0 Å². The van der Waals surface area contributed by atoms with E-state index in [2.05, 4.69) is 11.9 Å². The first-order valence-corrected chi connectivity index (χ1v) is 4.17. The number of carbonyl (C=O) groups excluding carboxylic acids is 1. The van der Waals surface area contributed by atoms with Gasteiger partial charge >= 0.3 is 0 Å². The van der Waals surface area contributed by atoms with Gasteiger partial charge in [-0.15, -0.1) is 0 Å². The summed E-state index contributed by atoms with van der Waals surface area (Å²) in [5, 5.41) is 1.46. The summed E-state index contributed by atoms with van der Waals surface area (Å²) in [5.41, 5.74) is 0. The highest BCUT2D eigenvalue weighted by Crippen LogP contribution is 2.27. The van der Waals surface area contributed by atoms with Gasteiger partial charge in [-0.2, -0.15) is 0 Å². The zero-order valence-corrected chi connectivity index (χ0v) is 6.52. The molecular weight excluding hydrogens is 148 g/mol. The molecule has 1 unspecified atom stereocenters. The van der Waals surface area contributed by atoms with E-state index in [0.717, 1.165) is 11.7 Å². The van der Waals surface area contributed by atoms with Crippen molar-refractivity contribution >= 4 is 22.8 Å². The average Bonchev–Trinajstić information content (AvgIpc) is 2.35. The Labute approximate surface area is 63.5 Å². The van der Waals surface area contributed by atoms with Gasteiger partial charge in [-0.3, -0.25) is 14.7 Å². The lowest BCUT2D eigenvalue weighted by Crippen LogP contribution is -2.28. The Balaban J connectivity index is 2.23. The molecule has 0 aromatic heterocycles.